The third kappa shape index (κ3) is 5.36. The number of carbonyl (C=O) groups excluding carboxylic acids is 2. The average molecular weight is 459 g/mol. The fourth-order valence-corrected chi connectivity index (χ4v) is 3.95. The molecule has 0 saturated carbocycles. The molecule has 0 bridgehead atoms. The minimum Gasteiger partial charge on any atom is -0.497 e. The van der Waals surface area contributed by atoms with Crippen LogP contribution in [0.25, 0.3) is 22.3 Å². The van der Waals surface area contributed by atoms with E-state index in [2.05, 4.69) is 10.6 Å². The molecule has 33 heavy (non-hydrogen) atoms. The zero-order valence-electron chi connectivity index (χ0n) is 18.1. The van der Waals surface area contributed by atoms with Gasteiger partial charge < -0.3 is 15.4 Å². The van der Waals surface area contributed by atoms with Crippen LogP contribution in [-0.2, 0) is 9.59 Å². The van der Waals surface area contributed by atoms with Crippen LogP contribution in [0.2, 0.25) is 0 Å². The van der Waals surface area contributed by atoms with Gasteiger partial charge in [0.2, 0.25) is 11.8 Å². The quantitative estimate of drug-likeness (QED) is 0.372. The van der Waals surface area contributed by atoms with E-state index in [1.165, 1.54) is 20.1 Å². The lowest BCUT2D eigenvalue weighted by Gasteiger charge is -2.12. The maximum Gasteiger partial charge on any atom is 0.248 e. The molecule has 0 fully saturated rings. The summed E-state index contributed by atoms with van der Waals surface area (Å²) in [5, 5.41) is 12.2. The number of methoxy groups -OCH3 is 1. The summed E-state index contributed by atoms with van der Waals surface area (Å²) >= 11 is 1.58. The van der Waals surface area contributed by atoms with Gasteiger partial charge in [-0.1, -0.05) is 24.3 Å². The van der Waals surface area contributed by atoms with Crippen molar-refractivity contribution in [3.05, 3.63) is 83.9 Å². The second kappa shape index (κ2) is 9.97. The van der Waals surface area contributed by atoms with Crippen molar-refractivity contribution in [1.29, 1.82) is 0 Å². The molecule has 2 amide bonds. The fourth-order valence-electron chi connectivity index (χ4n) is 3.22. The van der Waals surface area contributed by atoms with E-state index >= 15 is 0 Å². The summed E-state index contributed by atoms with van der Waals surface area (Å²) in [6, 6.07) is 18.8. The van der Waals surface area contributed by atoms with Crippen LogP contribution in [0.4, 0.5) is 11.4 Å². The van der Waals surface area contributed by atoms with E-state index in [4.69, 9.17) is 9.84 Å². The maximum absolute atomic E-state index is 12.7. The molecule has 2 N–H and O–H groups in total. The molecule has 166 valence electrons. The van der Waals surface area contributed by atoms with E-state index in [0.29, 0.717) is 17.1 Å². The molecule has 2 heterocycles. The van der Waals surface area contributed by atoms with Gasteiger partial charge in [-0.25, -0.2) is 4.68 Å². The number of benzene rings is 2. The molecule has 4 rings (SSSR count). The molecule has 0 atom stereocenters. The van der Waals surface area contributed by atoms with Crippen LogP contribution in [0, 0.1) is 0 Å². The summed E-state index contributed by atoms with van der Waals surface area (Å²) in [7, 11) is 1.54. The van der Waals surface area contributed by atoms with Gasteiger partial charge in [0.15, 0.2) is 0 Å². The number of thiophene rings is 1. The summed E-state index contributed by atoms with van der Waals surface area (Å²) in [6.45, 7) is 1.41. The smallest absolute Gasteiger partial charge is 0.248 e. The number of ether oxygens (including phenoxy) is 1. The number of aromatic nitrogens is 2. The Bertz CT molecular complexity index is 1290. The van der Waals surface area contributed by atoms with E-state index in [9.17, 15) is 9.59 Å². The van der Waals surface area contributed by atoms with Gasteiger partial charge >= 0.3 is 0 Å². The molecule has 0 aliphatic carbocycles. The third-order valence-corrected chi connectivity index (χ3v) is 5.60. The van der Waals surface area contributed by atoms with Gasteiger partial charge in [-0.05, 0) is 41.8 Å². The van der Waals surface area contributed by atoms with Crippen molar-refractivity contribution >= 4 is 40.6 Å². The second-order valence-corrected chi connectivity index (χ2v) is 8.05. The lowest BCUT2D eigenvalue weighted by molar-refractivity contribution is -0.114. The number of nitrogens with zero attached hydrogens (tertiary/aromatic N) is 2. The molecular weight excluding hydrogens is 436 g/mol. The largest absolute Gasteiger partial charge is 0.497 e. The fraction of sp³-hybridized carbons (Fsp3) is 0.0800. The van der Waals surface area contributed by atoms with E-state index < -0.39 is 0 Å². The summed E-state index contributed by atoms with van der Waals surface area (Å²) in [6.07, 6.45) is 5.07. The van der Waals surface area contributed by atoms with Crippen LogP contribution in [0.1, 0.15) is 12.5 Å². The summed E-state index contributed by atoms with van der Waals surface area (Å²) in [5.74, 6) is -0.0212. The van der Waals surface area contributed by atoms with Crippen LogP contribution in [0.3, 0.4) is 0 Å². The molecule has 0 aliphatic rings. The van der Waals surface area contributed by atoms with Gasteiger partial charge in [-0.15, -0.1) is 11.3 Å². The van der Waals surface area contributed by atoms with Crippen molar-refractivity contribution in [3.63, 3.8) is 0 Å². The molecule has 0 spiro atoms. The Morgan fingerprint density at radius 1 is 1.03 bits per heavy atom. The standard InChI is InChI=1S/C25H22N4O3S/c1-17(30)26-21-12-11-20(32-2)15-22(21)27-24(31)13-10-18-16-29(19-7-4-3-5-8-19)28-25(18)23-9-6-14-33-23/h3-16H,1-2H3,(H,26,30)(H,27,31)/b13-10+. The van der Waals surface area contributed by atoms with Crippen LogP contribution < -0.4 is 15.4 Å². The summed E-state index contributed by atoms with van der Waals surface area (Å²) in [5.41, 5.74) is 3.46. The number of nitrogens with one attached hydrogen (secondary N) is 2. The number of para-hydroxylation sites is 1. The topological polar surface area (TPSA) is 85.3 Å². The Morgan fingerprint density at radius 2 is 1.85 bits per heavy atom. The van der Waals surface area contributed by atoms with E-state index in [1.807, 2.05) is 54.0 Å². The Kier molecular flexibility index (Phi) is 6.66. The zero-order valence-corrected chi connectivity index (χ0v) is 18.9. The van der Waals surface area contributed by atoms with Gasteiger partial charge in [-0.2, -0.15) is 5.10 Å². The number of carbonyl (C=O) groups is 2. The molecule has 0 saturated heterocycles. The highest BCUT2D eigenvalue weighted by Crippen LogP contribution is 2.29. The van der Waals surface area contributed by atoms with Gasteiger partial charge in [-0.3, -0.25) is 9.59 Å². The normalized spacial score (nSPS) is 10.8. The predicted molar refractivity (Wildman–Crippen MR) is 132 cm³/mol. The molecule has 7 nitrogen and oxygen atoms in total. The lowest BCUT2D eigenvalue weighted by Crippen LogP contribution is -2.13. The monoisotopic (exact) mass is 458 g/mol. The van der Waals surface area contributed by atoms with Gasteiger partial charge in [0.25, 0.3) is 0 Å². The highest BCUT2D eigenvalue weighted by atomic mass is 32.1. The Hall–Kier alpha value is -4.17. The Morgan fingerprint density at radius 3 is 2.55 bits per heavy atom. The van der Waals surface area contributed by atoms with Crippen molar-refractivity contribution < 1.29 is 14.3 Å². The molecule has 2 aromatic carbocycles. The summed E-state index contributed by atoms with van der Waals surface area (Å²) < 4.78 is 7.03. The lowest BCUT2D eigenvalue weighted by atomic mass is 10.2. The van der Waals surface area contributed by atoms with Crippen molar-refractivity contribution in [3.8, 4) is 22.0 Å². The molecule has 4 aromatic rings. The van der Waals surface area contributed by atoms with Crippen LogP contribution in [0.5, 0.6) is 5.75 Å². The van der Waals surface area contributed by atoms with E-state index in [1.54, 1.807) is 40.3 Å². The van der Waals surface area contributed by atoms with E-state index in [-0.39, 0.29) is 11.8 Å². The van der Waals surface area contributed by atoms with Crippen molar-refractivity contribution in [1.82, 2.24) is 9.78 Å². The first kappa shape index (κ1) is 22.0. The van der Waals surface area contributed by atoms with E-state index in [0.717, 1.165) is 21.8 Å². The highest BCUT2D eigenvalue weighted by Gasteiger charge is 2.13. The molecule has 2 aromatic heterocycles. The maximum atomic E-state index is 12.7. The SMILES string of the molecule is COc1ccc(NC(C)=O)c(NC(=O)/C=C/c2cn(-c3ccccc3)nc2-c2cccs2)c1. The first-order valence-corrected chi connectivity index (χ1v) is 11.0. The number of amides is 2. The average Bonchev–Trinajstić information content (AvgIpc) is 3.49. The molecule has 8 heteroatoms. The zero-order chi connectivity index (χ0) is 23.2. The first-order chi connectivity index (χ1) is 16.0. The van der Waals surface area contributed by atoms with Crippen molar-refractivity contribution in [2.75, 3.05) is 17.7 Å². The van der Waals surface area contributed by atoms with Gasteiger partial charge in [0, 0.05) is 30.8 Å². The summed E-state index contributed by atoms with van der Waals surface area (Å²) in [4.78, 5) is 25.2. The molecule has 0 radical (unpaired) electrons. The number of hydrogen-bond acceptors (Lipinski definition) is 5. The van der Waals surface area contributed by atoms with Crippen LogP contribution in [-0.4, -0.2) is 28.7 Å². The third-order valence-electron chi connectivity index (χ3n) is 4.73. The number of rotatable bonds is 7. The Balaban J connectivity index is 1.61. The van der Waals surface area contributed by atoms with Crippen molar-refractivity contribution in [2.24, 2.45) is 0 Å². The van der Waals surface area contributed by atoms with Crippen LogP contribution >= 0.6 is 11.3 Å². The highest BCUT2D eigenvalue weighted by molar-refractivity contribution is 7.13. The van der Waals surface area contributed by atoms with Gasteiger partial charge in [0.1, 0.15) is 11.4 Å². The predicted octanol–water partition coefficient (Wildman–Crippen LogP) is 5.22. The van der Waals surface area contributed by atoms with Crippen molar-refractivity contribution in [2.45, 2.75) is 6.92 Å². The minimum absolute atomic E-state index is 0.236. The van der Waals surface area contributed by atoms with Gasteiger partial charge in [0.05, 0.1) is 29.0 Å². The second-order valence-electron chi connectivity index (χ2n) is 7.11. The minimum atomic E-state index is -0.348. The first-order valence-electron chi connectivity index (χ1n) is 10.2. The molecule has 0 aliphatic heterocycles. The Labute approximate surface area is 195 Å². The molecule has 0 unspecified atom stereocenters. The number of anilines is 2. The van der Waals surface area contributed by atoms with Crippen LogP contribution in [0.15, 0.2) is 78.3 Å². The molecular formula is C25H22N4O3S. The number of hydrogen-bond donors (Lipinski definition) is 2.